The zero-order valence-electron chi connectivity index (χ0n) is 15.4. The van der Waals surface area contributed by atoms with E-state index in [1.54, 1.807) is 16.4 Å². The van der Waals surface area contributed by atoms with Crippen molar-refractivity contribution < 1.29 is 13.2 Å². The zero-order chi connectivity index (χ0) is 18.4. The Morgan fingerprint density at radius 3 is 2.58 bits per heavy atom. The molecular formula is C19H30N2O3S2. The molecule has 7 heteroatoms. The lowest BCUT2D eigenvalue weighted by Gasteiger charge is -2.25. The molecule has 2 fully saturated rings. The Morgan fingerprint density at radius 1 is 1.12 bits per heavy atom. The first kappa shape index (κ1) is 19.8. The number of amides is 1. The van der Waals surface area contributed by atoms with E-state index in [2.05, 4.69) is 5.32 Å². The van der Waals surface area contributed by atoms with Crippen LogP contribution in [0.25, 0.3) is 0 Å². The van der Waals surface area contributed by atoms with Gasteiger partial charge in [0.15, 0.2) is 0 Å². The second-order valence-electron chi connectivity index (χ2n) is 7.50. The molecule has 1 aromatic heterocycles. The molecule has 0 aromatic carbocycles. The van der Waals surface area contributed by atoms with Gasteiger partial charge in [-0.3, -0.25) is 4.79 Å². The van der Waals surface area contributed by atoms with Crippen LogP contribution in [0, 0.1) is 5.92 Å². The number of carbonyl (C=O) groups is 1. The normalized spacial score (nSPS) is 19.7. The van der Waals surface area contributed by atoms with Crippen LogP contribution < -0.4 is 5.32 Å². The van der Waals surface area contributed by atoms with E-state index in [9.17, 15) is 13.2 Å². The number of rotatable bonds is 8. The molecule has 1 aliphatic heterocycles. The predicted octanol–water partition coefficient (Wildman–Crippen LogP) is 3.55. The number of sulfonamides is 1. The Balaban J connectivity index is 1.44. The van der Waals surface area contributed by atoms with Crippen LogP contribution in [0.5, 0.6) is 0 Å². The average Bonchev–Trinajstić information content (AvgIpc) is 3.32. The lowest BCUT2D eigenvalue weighted by molar-refractivity contribution is -0.120. The summed E-state index contributed by atoms with van der Waals surface area (Å²) < 4.78 is 27.3. The minimum absolute atomic E-state index is 0.0137. The maximum Gasteiger partial charge on any atom is 0.252 e. The fourth-order valence-electron chi connectivity index (χ4n) is 3.96. The van der Waals surface area contributed by atoms with Crippen molar-refractivity contribution in [2.24, 2.45) is 5.92 Å². The summed E-state index contributed by atoms with van der Waals surface area (Å²) >= 11 is 1.23. The topological polar surface area (TPSA) is 66.5 Å². The molecule has 0 bridgehead atoms. The van der Waals surface area contributed by atoms with Crippen LogP contribution in [0.4, 0.5) is 0 Å². The van der Waals surface area contributed by atoms with E-state index in [4.69, 9.17) is 0 Å². The van der Waals surface area contributed by atoms with Gasteiger partial charge in [0.05, 0.1) is 6.42 Å². The highest BCUT2D eigenvalue weighted by molar-refractivity contribution is 7.91. The standard InChI is InChI=1S/C19H30N2O3S2/c22-18(20-12-6-9-16-7-2-3-8-16)15-17-10-11-19(25-17)26(23,24)21-13-4-1-5-14-21/h10-11,16H,1-9,12-15H2,(H,20,22). The maximum absolute atomic E-state index is 12.7. The van der Waals surface area contributed by atoms with E-state index in [-0.39, 0.29) is 12.3 Å². The molecule has 1 saturated carbocycles. The van der Waals surface area contributed by atoms with Gasteiger partial charge in [-0.25, -0.2) is 8.42 Å². The number of nitrogens with one attached hydrogen (secondary N) is 1. The summed E-state index contributed by atoms with van der Waals surface area (Å²) in [7, 11) is -3.39. The fraction of sp³-hybridized carbons (Fsp3) is 0.737. The van der Waals surface area contributed by atoms with E-state index in [0.29, 0.717) is 17.3 Å². The van der Waals surface area contributed by atoms with E-state index in [1.807, 2.05) is 0 Å². The highest BCUT2D eigenvalue weighted by Crippen LogP contribution is 2.29. The summed E-state index contributed by atoms with van der Waals surface area (Å²) in [5.41, 5.74) is 0. The highest BCUT2D eigenvalue weighted by atomic mass is 32.2. The van der Waals surface area contributed by atoms with Crippen molar-refractivity contribution in [1.82, 2.24) is 9.62 Å². The third kappa shape index (κ3) is 5.30. The Hall–Kier alpha value is -0.920. The third-order valence-electron chi connectivity index (χ3n) is 5.47. The molecule has 2 heterocycles. The largest absolute Gasteiger partial charge is 0.356 e. The smallest absolute Gasteiger partial charge is 0.252 e. The minimum Gasteiger partial charge on any atom is -0.356 e. The van der Waals surface area contributed by atoms with Crippen LogP contribution >= 0.6 is 11.3 Å². The monoisotopic (exact) mass is 398 g/mol. The summed E-state index contributed by atoms with van der Waals surface area (Å²) in [6, 6.07) is 3.43. The molecule has 1 saturated heterocycles. The van der Waals surface area contributed by atoms with Crippen LogP contribution in [0.2, 0.25) is 0 Å². The van der Waals surface area contributed by atoms with Gasteiger partial charge in [0.25, 0.3) is 10.0 Å². The molecule has 2 aliphatic rings. The average molecular weight is 399 g/mol. The fourth-order valence-corrected chi connectivity index (χ4v) is 6.99. The lowest BCUT2D eigenvalue weighted by Crippen LogP contribution is -2.35. The van der Waals surface area contributed by atoms with Crippen molar-refractivity contribution in [2.45, 2.75) is 68.4 Å². The van der Waals surface area contributed by atoms with Crippen molar-refractivity contribution in [1.29, 1.82) is 0 Å². The molecule has 0 radical (unpaired) electrons. The van der Waals surface area contributed by atoms with Gasteiger partial charge in [-0.15, -0.1) is 11.3 Å². The molecule has 3 rings (SSSR count). The SMILES string of the molecule is O=C(Cc1ccc(S(=O)(=O)N2CCCCC2)s1)NCCCC1CCCC1. The van der Waals surface area contributed by atoms with Gasteiger partial charge in [0, 0.05) is 24.5 Å². The second kappa shape index (κ2) is 9.33. The number of carbonyl (C=O) groups excluding carboxylic acids is 1. The van der Waals surface area contributed by atoms with E-state index in [1.165, 1.54) is 43.4 Å². The van der Waals surface area contributed by atoms with E-state index >= 15 is 0 Å². The molecule has 0 spiro atoms. The number of hydrogen-bond acceptors (Lipinski definition) is 4. The first-order chi connectivity index (χ1) is 12.6. The molecule has 1 N–H and O–H groups in total. The molecule has 1 aromatic rings. The van der Waals surface area contributed by atoms with Crippen LogP contribution in [0.1, 0.15) is 62.7 Å². The molecule has 0 atom stereocenters. The van der Waals surface area contributed by atoms with Crippen LogP contribution in [-0.4, -0.2) is 38.3 Å². The number of piperidine rings is 1. The number of nitrogens with zero attached hydrogens (tertiary/aromatic N) is 1. The summed E-state index contributed by atoms with van der Waals surface area (Å²) in [6.07, 6.45) is 10.9. The number of thiophene rings is 1. The van der Waals surface area contributed by atoms with Crippen molar-refractivity contribution in [2.75, 3.05) is 19.6 Å². The van der Waals surface area contributed by atoms with Crippen molar-refractivity contribution in [3.8, 4) is 0 Å². The molecule has 0 unspecified atom stereocenters. The van der Waals surface area contributed by atoms with E-state index in [0.717, 1.165) is 43.0 Å². The Morgan fingerprint density at radius 2 is 1.85 bits per heavy atom. The summed E-state index contributed by atoms with van der Waals surface area (Å²) in [5.74, 6) is 0.840. The second-order valence-corrected chi connectivity index (χ2v) is 10.8. The van der Waals surface area contributed by atoms with Crippen LogP contribution in [0.3, 0.4) is 0 Å². The van der Waals surface area contributed by atoms with Gasteiger partial charge >= 0.3 is 0 Å². The quantitative estimate of drug-likeness (QED) is 0.681. The summed E-state index contributed by atoms with van der Waals surface area (Å²) in [6.45, 7) is 1.94. The summed E-state index contributed by atoms with van der Waals surface area (Å²) in [4.78, 5) is 12.9. The van der Waals surface area contributed by atoms with Gasteiger partial charge in [-0.1, -0.05) is 32.1 Å². The molecule has 1 amide bonds. The van der Waals surface area contributed by atoms with Crippen molar-refractivity contribution >= 4 is 27.3 Å². The lowest BCUT2D eigenvalue weighted by atomic mass is 10.0. The van der Waals surface area contributed by atoms with Gasteiger partial charge in [0.2, 0.25) is 5.91 Å². The number of hydrogen-bond donors (Lipinski definition) is 1. The molecule has 26 heavy (non-hydrogen) atoms. The first-order valence-corrected chi connectivity index (χ1v) is 12.2. The Labute approximate surface area is 161 Å². The Kier molecular flexibility index (Phi) is 7.12. The zero-order valence-corrected chi connectivity index (χ0v) is 17.0. The van der Waals surface area contributed by atoms with E-state index < -0.39 is 10.0 Å². The van der Waals surface area contributed by atoms with Crippen LogP contribution in [-0.2, 0) is 21.2 Å². The van der Waals surface area contributed by atoms with Gasteiger partial charge < -0.3 is 5.32 Å². The predicted molar refractivity (Wildman–Crippen MR) is 105 cm³/mol. The van der Waals surface area contributed by atoms with Crippen molar-refractivity contribution in [3.05, 3.63) is 17.0 Å². The third-order valence-corrected chi connectivity index (χ3v) is 8.92. The maximum atomic E-state index is 12.7. The van der Waals surface area contributed by atoms with Gasteiger partial charge in [-0.05, 0) is 43.7 Å². The molecule has 5 nitrogen and oxygen atoms in total. The summed E-state index contributed by atoms with van der Waals surface area (Å²) in [5, 5.41) is 2.97. The Bertz CT molecular complexity index is 687. The highest BCUT2D eigenvalue weighted by Gasteiger charge is 2.27. The minimum atomic E-state index is -3.39. The molecular weight excluding hydrogens is 368 g/mol. The van der Waals surface area contributed by atoms with Gasteiger partial charge in [0.1, 0.15) is 4.21 Å². The first-order valence-electron chi connectivity index (χ1n) is 9.91. The van der Waals surface area contributed by atoms with Crippen molar-refractivity contribution in [3.63, 3.8) is 0 Å². The van der Waals surface area contributed by atoms with Gasteiger partial charge in [-0.2, -0.15) is 4.31 Å². The molecule has 146 valence electrons. The molecule has 1 aliphatic carbocycles. The van der Waals surface area contributed by atoms with Crippen LogP contribution in [0.15, 0.2) is 16.3 Å².